The number of urea groups is 2. The van der Waals surface area contributed by atoms with Crippen molar-refractivity contribution < 1.29 is 9.59 Å². The van der Waals surface area contributed by atoms with Crippen LogP contribution in [0.5, 0.6) is 0 Å². The second-order valence-corrected chi connectivity index (χ2v) is 7.98. The number of hydrogen-bond donors (Lipinski definition) is 4. The van der Waals surface area contributed by atoms with Crippen molar-refractivity contribution in [1.82, 2.24) is 15.6 Å². The Morgan fingerprint density at radius 3 is 1.58 bits per heavy atom. The summed E-state index contributed by atoms with van der Waals surface area (Å²) in [6.45, 7) is 5.60. The molecule has 0 spiro atoms. The largest absolute Gasteiger partial charge is 0.338 e. The van der Waals surface area contributed by atoms with E-state index in [2.05, 4.69) is 41.2 Å². The number of hydrogen-bond acceptors (Lipinski definition) is 3. The maximum absolute atomic E-state index is 12.1. The van der Waals surface area contributed by atoms with Crippen LogP contribution in [-0.4, -0.2) is 30.1 Å². The van der Waals surface area contributed by atoms with E-state index in [1.165, 1.54) is 0 Å². The predicted octanol–water partition coefficient (Wildman–Crippen LogP) is 6.43. The van der Waals surface area contributed by atoms with E-state index in [9.17, 15) is 9.59 Å². The molecule has 7 nitrogen and oxygen atoms in total. The molecule has 0 atom stereocenters. The summed E-state index contributed by atoms with van der Waals surface area (Å²) in [6.07, 6.45) is 6.39. The maximum Gasteiger partial charge on any atom is 0.319 e. The van der Waals surface area contributed by atoms with Crippen molar-refractivity contribution in [2.75, 3.05) is 23.7 Å². The molecule has 4 amide bonds. The molecule has 0 unspecified atom stereocenters. The molecule has 0 aliphatic heterocycles. The van der Waals surface area contributed by atoms with Crippen LogP contribution in [0.1, 0.15) is 52.4 Å². The smallest absolute Gasteiger partial charge is 0.319 e. The second-order valence-electron chi connectivity index (χ2n) is 7.98. The molecule has 178 valence electrons. The predicted molar refractivity (Wildman–Crippen MR) is 140 cm³/mol. The van der Waals surface area contributed by atoms with E-state index in [1.807, 2.05) is 36.4 Å². The molecule has 0 aliphatic carbocycles. The van der Waals surface area contributed by atoms with Crippen molar-refractivity contribution in [3.8, 4) is 0 Å². The van der Waals surface area contributed by atoms with Gasteiger partial charge >= 0.3 is 12.1 Å². The molecule has 3 aromatic rings. The summed E-state index contributed by atoms with van der Waals surface area (Å²) in [4.78, 5) is 28.9. The van der Waals surface area contributed by atoms with Gasteiger partial charge in [-0.05, 0) is 43.2 Å². The number of amides is 4. The van der Waals surface area contributed by atoms with Crippen molar-refractivity contribution in [1.29, 1.82) is 0 Å². The molecular weight excluding hydrogens is 438 g/mol. The Morgan fingerprint density at radius 1 is 0.697 bits per heavy atom. The quantitative estimate of drug-likeness (QED) is 0.202. The third-order valence-corrected chi connectivity index (χ3v) is 5.26. The minimum Gasteiger partial charge on any atom is -0.338 e. The van der Waals surface area contributed by atoms with E-state index < -0.39 is 0 Å². The second kappa shape index (κ2) is 13.5. The lowest BCUT2D eigenvalue weighted by atomic mass is 10.1. The van der Waals surface area contributed by atoms with Gasteiger partial charge in [0.1, 0.15) is 0 Å². The zero-order chi connectivity index (χ0) is 22.8. The van der Waals surface area contributed by atoms with Gasteiger partial charge in [0.25, 0.3) is 0 Å². The number of halogens is 1. The zero-order valence-corrected chi connectivity index (χ0v) is 20.2. The first-order valence-corrected chi connectivity index (χ1v) is 11.5. The molecule has 2 aromatic carbocycles. The molecule has 0 bridgehead atoms. The van der Waals surface area contributed by atoms with Crippen molar-refractivity contribution in [3.05, 3.63) is 42.5 Å². The van der Waals surface area contributed by atoms with Crippen LogP contribution >= 0.6 is 12.4 Å². The molecule has 0 saturated heterocycles. The first-order valence-electron chi connectivity index (χ1n) is 11.5. The lowest BCUT2D eigenvalue weighted by molar-refractivity contribution is 0.251. The molecule has 0 aliphatic rings. The Morgan fingerprint density at radius 2 is 1.15 bits per heavy atom. The van der Waals surface area contributed by atoms with E-state index in [0.717, 1.165) is 60.3 Å². The van der Waals surface area contributed by atoms with Gasteiger partial charge in [0.15, 0.2) is 0 Å². The van der Waals surface area contributed by atoms with Crippen LogP contribution in [0.2, 0.25) is 0 Å². The van der Waals surface area contributed by atoms with Crippen LogP contribution in [0.4, 0.5) is 21.0 Å². The Bertz CT molecular complexity index is 992. The van der Waals surface area contributed by atoms with E-state index in [4.69, 9.17) is 4.98 Å². The highest BCUT2D eigenvalue weighted by Gasteiger charge is 2.07. The number of benzene rings is 2. The van der Waals surface area contributed by atoms with Crippen LogP contribution in [0, 0.1) is 0 Å². The number of aromatic nitrogens is 1. The van der Waals surface area contributed by atoms with E-state index in [1.54, 1.807) is 0 Å². The number of nitrogens with zero attached hydrogens (tertiary/aromatic N) is 1. The van der Waals surface area contributed by atoms with Gasteiger partial charge in [-0.1, -0.05) is 51.7 Å². The standard InChI is InChI=1S/C25H33N5O2.ClH/c1-3-5-7-13-26-24(31)28-20-11-9-18-15-19-10-12-21(17-23(19)30-22(18)16-20)29-25(32)27-14-8-6-4-2;/h9-12,15-17H,3-8,13-14H2,1-2H3,(H2,26,28,31)(H2,27,29,32);1H. The maximum atomic E-state index is 12.1. The molecule has 1 heterocycles. The van der Waals surface area contributed by atoms with Crippen LogP contribution in [0.15, 0.2) is 42.5 Å². The van der Waals surface area contributed by atoms with Gasteiger partial charge in [0.05, 0.1) is 11.0 Å². The van der Waals surface area contributed by atoms with E-state index >= 15 is 0 Å². The third-order valence-electron chi connectivity index (χ3n) is 5.26. The number of fused-ring (bicyclic) bond motifs is 2. The minimum absolute atomic E-state index is 0. The minimum atomic E-state index is -0.210. The number of pyridine rings is 1. The van der Waals surface area contributed by atoms with Crippen LogP contribution in [0.25, 0.3) is 21.8 Å². The molecule has 1 aromatic heterocycles. The average molecular weight is 472 g/mol. The third kappa shape index (κ3) is 8.09. The fourth-order valence-electron chi connectivity index (χ4n) is 3.48. The normalized spacial score (nSPS) is 10.5. The van der Waals surface area contributed by atoms with Crippen molar-refractivity contribution in [2.24, 2.45) is 0 Å². The lowest BCUT2D eigenvalue weighted by Gasteiger charge is -2.10. The SMILES string of the molecule is CCCCCNC(=O)Nc1ccc2cc3ccc(NC(=O)NCCCCC)cc3nc2c1.Cl. The summed E-state index contributed by atoms with van der Waals surface area (Å²) >= 11 is 0. The first kappa shape index (κ1) is 26.2. The Balaban J connectivity index is 0.00000385. The van der Waals surface area contributed by atoms with Gasteiger partial charge in [0, 0.05) is 35.2 Å². The molecule has 33 heavy (non-hydrogen) atoms. The number of nitrogens with one attached hydrogen (secondary N) is 4. The van der Waals surface area contributed by atoms with Gasteiger partial charge in [0.2, 0.25) is 0 Å². The van der Waals surface area contributed by atoms with Crippen LogP contribution in [0.3, 0.4) is 0 Å². The van der Waals surface area contributed by atoms with Crippen molar-refractivity contribution in [3.63, 3.8) is 0 Å². The lowest BCUT2D eigenvalue weighted by Crippen LogP contribution is -2.29. The molecule has 8 heteroatoms. The van der Waals surface area contributed by atoms with Gasteiger partial charge < -0.3 is 21.3 Å². The molecule has 0 saturated carbocycles. The van der Waals surface area contributed by atoms with E-state index in [-0.39, 0.29) is 24.5 Å². The Hall–Kier alpha value is -3.06. The highest BCUT2D eigenvalue weighted by atomic mass is 35.5. The Labute approximate surface area is 201 Å². The molecule has 3 rings (SSSR count). The monoisotopic (exact) mass is 471 g/mol. The fraction of sp³-hybridized carbons (Fsp3) is 0.400. The van der Waals surface area contributed by atoms with Gasteiger partial charge in [-0.2, -0.15) is 0 Å². The summed E-state index contributed by atoms with van der Waals surface area (Å²) in [7, 11) is 0. The van der Waals surface area contributed by atoms with Gasteiger partial charge in [-0.15, -0.1) is 12.4 Å². The summed E-state index contributed by atoms with van der Waals surface area (Å²) in [5.41, 5.74) is 2.95. The molecule has 0 radical (unpaired) electrons. The number of anilines is 2. The van der Waals surface area contributed by atoms with Gasteiger partial charge in [-0.3, -0.25) is 0 Å². The first-order chi connectivity index (χ1) is 15.6. The summed E-state index contributed by atoms with van der Waals surface area (Å²) in [6, 6.07) is 13.0. The van der Waals surface area contributed by atoms with Crippen LogP contribution < -0.4 is 21.3 Å². The van der Waals surface area contributed by atoms with Gasteiger partial charge in [-0.25, -0.2) is 14.6 Å². The van der Waals surface area contributed by atoms with Crippen LogP contribution in [-0.2, 0) is 0 Å². The zero-order valence-electron chi connectivity index (χ0n) is 19.4. The highest BCUT2D eigenvalue weighted by Crippen LogP contribution is 2.24. The molecule has 4 N–H and O–H groups in total. The topological polar surface area (TPSA) is 95.2 Å². The number of carbonyl (C=O) groups excluding carboxylic acids is 2. The van der Waals surface area contributed by atoms with E-state index in [0.29, 0.717) is 24.5 Å². The summed E-state index contributed by atoms with van der Waals surface area (Å²) in [5, 5.41) is 13.5. The number of rotatable bonds is 10. The average Bonchev–Trinajstić information content (AvgIpc) is 2.78. The number of carbonyl (C=O) groups is 2. The number of unbranched alkanes of at least 4 members (excludes halogenated alkanes) is 4. The molecular formula is C25H34ClN5O2. The highest BCUT2D eigenvalue weighted by molar-refractivity contribution is 5.98. The Kier molecular flexibility index (Phi) is 10.7. The summed E-state index contributed by atoms with van der Waals surface area (Å²) in [5.74, 6) is 0. The van der Waals surface area contributed by atoms with Crippen molar-refractivity contribution >= 4 is 57.6 Å². The fourth-order valence-corrected chi connectivity index (χ4v) is 3.48. The van der Waals surface area contributed by atoms with Crippen molar-refractivity contribution in [2.45, 2.75) is 52.4 Å². The summed E-state index contributed by atoms with van der Waals surface area (Å²) < 4.78 is 0. The molecule has 0 fully saturated rings.